The second-order valence-corrected chi connectivity index (χ2v) is 5.53. The molecule has 1 N–H and O–H groups in total. The van der Waals surface area contributed by atoms with Gasteiger partial charge in [-0.2, -0.15) is 0 Å². The Morgan fingerprint density at radius 2 is 1.81 bits per heavy atom. The normalized spacial score (nSPS) is 10.7. The third kappa shape index (κ3) is 5.27. The molecule has 0 fully saturated rings. The molecule has 0 aliphatic rings. The molecule has 1 heterocycles. The Labute approximate surface area is 151 Å². The van der Waals surface area contributed by atoms with Crippen molar-refractivity contribution in [2.75, 3.05) is 5.32 Å². The average molecular weight is 348 g/mol. The molecule has 0 saturated heterocycles. The second kappa shape index (κ2) is 8.58. The zero-order chi connectivity index (χ0) is 18.2. The lowest BCUT2D eigenvalue weighted by molar-refractivity contribution is -0.111. The van der Waals surface area contributed by atoms with Gasteiger partial charge in [-0.25, -0.2) is 9.37 Å². The Kier molecular flexibility index (Phi) is 5.72. The molecule has 3 aromatic rings. The SMILES string of the molecule is O=C(/C=C/c1ccc(OCc2ccccc2)cc1)Nc1ccc(F)cn1. The molecule has 0 aliphatic carbocycles. The van der Waals surface area contributed by atoms with Gasteiger partial charge >= 0.3 is 0 Å². The second-order valence-electron chi connectivity index (χ2n) is 5.53. The molecule has 0 spiro atoms. The van der Waals surface area contributed by atoms with Crippen molar-refractivity contribution in [1.82, 2.24) is 4.98 Å². The number of aromatic nitrogens is 1. The molecule has 0 aliphatic heterocycles. The molecule has 3 rings (SSSR count). The van der Waals surface area contributed by atoms with Gasteiger partial charge in [0.15, 0.2) is 0 Å². The number of rotatable bonds is 6. The lowest BCUT2D eigenvalue weighted by Crippen LogP contribution is -2.09. The van der Waals surface area contributed by atoms with Crippen LogP contribution in [0.4, 0.5) is 10.2 Å². The van der Waals surface area contributed by atoms with Crippen LogP contribution in [0.3, 0.4) is 0 Å². The highest BCUT2D eigenvalue weighted by atomic mass is 19.1. The third-order valence-corrected chi connectivity index (χ3v) is 3.53. The first kappa shape index (κ1) is 17.4. The van der Waals surface area contributed by atoms with Crippen LogP contribution < -0.4 is 10.1 Å². The summed E-state index contributed by atoms with van der Waals surface area (Å²) in [7, 11) is 0. The summed E-state index contributed by atoms with van der Waals surface area (Å²) in [5.41, 5.74) is 1.96. The van der Waals surface area contributed by atoms with E-state index >= 15 is 0 Å². The fourth-order valence-electron chi connectivity index (χ4n) is 2.21. The van der Waals surface area contributed by atoms with Gasteiger partial charge in [0.1, 0.15) is 24.0 Å². The molecule has 0 radical (unpaired) electrons. The quantitative estimate of drug-likeness (QED) is 0.670. The number of nitrogens with zero attached hydrogens (tertiary/aromatic N) is 1. The van der Waals surface area contributed by atoms with E-state index in [1.54, 1.807) is 6.08 Å². The fourth-order valence-corrected chi connectivity index (χ4v) is 2.21. The number of ether oxygens (including phenoxy) is 1. The number of pyridine rings is 1. The van der Waals surface area contributed by atoms with Gasteiger partial charge < -0.3 is 10.1 Å². The number of benzene rings is 2. The number of anilines is 1. The highest BCUT2D eigenvalue weighted by molar-refractivity contribution is 6.01. The summed E-state index contributed by atoms with van der Waals surface area (Å²) in [5.74, 6) is 0.262. The zero-order valence-corrected chi connectivity index (χ0v) is 13.9. The van der Waals surface area contributed by atoms with E-state index in [9.17, 15) is 9.18 Å². The predicted molar refractivity (Wildman–Crippen MR) is 99.1 cm³/mol. The minimum Gasteiger partial charge on any atom is -0.489 e. The Hall–Kier alpha value is -3.47. The summed E-state index contributed by atoms with van der Waals surface area (Å²) in [6.07, 6.45) is 4.12. The summed E-state index contributed by atoms with van der Waals surface area (Å²) in [5, 5.41) is 2.56. The molecular formula is C21H17FN2O2. The van der Waals surface area contributed by atoms with Gasteiger partial charge in [-0.1, -0.05) is 42.5 Å². The number of hydrogen-bond donors (Lipinski definition) is 1. The van der Waals surface area contributed by atoms with Crippen molar-refractivity contribution >= 4 is 17.8 Å². The topological polar surface area (TPSA) is 51.2 Å². The molecule has 26 heavy (non-hydrogen) atoms. The smallest absolute Gasteiger partial charge is 0.249 e. The van der Waals surface area contributed by atoms with E-state index in [2.05, 4.69) is 10.3 Å². The number of nitrogens with one attached hydrogen (secondary N) is 1. The highest BCUT2D eigenvalue weighted by Crippen LogP contribution is 2.15. The molecule has 1 amide bonds. The first-order chi connectivity index (χ1) is 12.7. The standard InChI is InChI=1S/C21H17FN2O2/c22-18-9-12-20(23-14-18)24-21(25)13-8-16-6-10-19(11-7-16)26-15-17-4-2-1-3-5-17/h1-14H,15H2,(H,23,24,25)/b13-8+. The first-order valence-electron chi connectivity index (χ1n) is 8.06. The lowest BCUT2D eigenvalue weighted by Gasteiger charge is -2.06. The van der Waals surface area contributed by atoms with Gasteiger partial charge in [-0.3, -0.25) is 4.79 Å². The van der Waals surface area contributed by atoms with Gasteiger partial charge in [-0.15, -0.1) is 0 Å². The summed E-state index contributed by atoms with van der Waals surface area (Å²) in [6.45, 7) is 0.503. The van der Waals surface area contributed by atoms with E-state index in [-0.39, 0.29) is 5.91 Å². The maximum absolute atomic E-state index is 12.8. The molecular weight excluding hydrogens is 331 g/mol. The molecule has 0 bridgehead atoms. The van der Waals surface area contributed by atoms with Crippen LogP contribution in [0.2, 0.25) is 0 Å². The van der Waals surface area contributed by atoms with Crippen molar-refractivity contribution in [3.63, 3.8) is 0 Å². The van der Waals surface area contributed by atoms with Crippen LogP contribution in [0, 0.1) is 5.82 Å². The first-order valence-corrected chi connectivity index (χ1v) is 8.06. The van der Waals surface area contributed by atoms with E-state index in [4.69, 9.17) is 4.74 Å². The predicted octanol–water partition coefficient (Wildman–Crippen LogP) is 4.45. The van der Waals surface area contributed by atoms with Crippen LogP contribution >= 0.6 is 0 Å². The Bertz CT molecular complexity index is 876. The van der Waals surface area contributed by atoms with Crippen LogP contribution in [-0.2, 0) is 11.4 Å². The van der Waals surface area contributed by atoms with E-state index in [1.807, 2.05) is 54.6 Å². The highest BCUT2D eigenvalue weighted by Gasteiger charge is 2.00. The number of carbonyl (C=O) groups excluding carboxylic acids is 1. The van der Waals surface area contributed by atoms with E-state index < -0.39 is 5.82 Å². The monoisotopic (exact) mass is 348 g/mol. The van der Waals surface area contributed by atoms with Crippen molar-refractivity contribution in [2.24, 2.45) is 0 Å². The average Bonchev–Trinajstić information content (AvgIpc) is 2.68. The van der Waals surface area contributed by atoms with E-state index in [1.165, 1.54) is 18.2 Å². The summed E-state index contributed by atoms with van der Waals surface area (Å²) in [6, 6.07) is 20.0. The molecule has 0 atom stereocenters. The van der Waals surface area contributed by atoms with Crippen molar-refractivity contribution in [3.05, 3.63) is 95.9 Å². The van der Waals surface area contributed by atoms with Crippen LogP contribution in [0.1, 0.15) is 11.1 Å². The van der Waals surface area contributed by atoms with Gasteiger partial charge in [0.25, 0.3) is 0 Å². The van der Waals surface area contributed by atoms with Crippen LogP contribution in [0.25, 0.3) is 6.08 Å². The number of carbonyl (C=O) groups is 1. The summed E-state index contributed by atoms with van der Waals surface area (Å²) in [4.78, 5) is 15.6. The van der Waals surface area contributed by atoms with E-state index in [0.29, 0.717) is 12.4 Å². The minimum absolute atomic E-state index is 0.297. The van der Waals surface area contributed by atoms with Crippen molar-refractivity contribution in [1.29, 1.82) is 0 Å². The molecule has 2 aromatic carbocycles. The van der Waals surface area contributed by atoms with Crippen LogP contribution in [-0.4, -0.2) is 10.9 Å². The third-order valence-electron chi connectivity index (χ3n) is 3.53. The Morgan fingerprint density at radius 3 is 2.50 bits per heavy atom. The van der Waals surface area contributed by atoms with Crippen LogP contribution in [0.15, 0.2) is 79.0 Å². The van der Waals surface area contributed by atoms with Crippen molar-refractivity contribution in [3.8, 4) is 5.75 Å². The van der Waals surface area contributed by atoms with Gasteiger partial charge in [-0.05, 0) is 41.5 Å². The maximum Gasteiger partial charge on any atom is 0.249 e. The number of amides is 1. The van der Waals surface area contributed by atoms with Gasteiger partial charge in [0, 0.05) is 6.08 Å². The molecule has 4 nitrogen and oxygen atoms in total. The molecule has 0 saturated carbocycles. The van der Waals surface area contributed by atoms with Gasteiger partial charge in [0.05, 0.1) is 6.20 Å². The van der Waals surface area contributed by atoms with Gasteiger partial charge in [0.2, 0.25) is 5.91 Å². The van der Waals surface area contributed by atoms with Crippen molar-refractivity contribution in [2.45, 2.75) is 6.61 Å². The lowest BCUT2D eigenvalue weighted by atomic mass is 10.2. The number of hydrogen-bond acceptors (Lipinski definition) is 3. The summed E-state index contributed by atoms with van der Waals surface area (Å²) < 4.78 is 18.5. The maximum atomic E-state index is 12.8. The number of halogens is 1. The molecule has 130 valence electrons. The largest absolute Gasteiger partial charge is 0.489 e. The summed E-state index contributed by atoms with van der Waals surface area (Å²) >= 11 is 0. The molecule has 0 unspecified atom stereocenters. The van der Waals surface area contributed by atoms with E-state index in [0.717, 1.165) is 23.1 Å². The fraction of sp³-hybridized carbons (Fsp3) is 0.0476. The zero-order valence-electron chi connectivity index (χ0n) is 13.9. The Morgan fingerprint density at radius 1 is 1.04 bits per heavy atom. The van der Waals surface area contributed by atoms with Crippen LogP contribution in [0.5, 0.6) is 5.75 Å². The molecule has 5 heteroatoms. The minimum atomic E-state index is -0.451. The van der Waals surface area contributed by atoms with Crippen molar-refractivity contribution < 1.29 is 13.9 Å². The Balaban J connectivity index is 1.52. The molecule has 1 aromatic heterocycles.